The van der Waals surface area contributed by atoms with E-state index in [1.807, 2.05) is 0 Å². The van der Waals surface area contributed by atoms with Crippen LogP contribution in [0.25, 0.3) is 0 Å². The molecule has 0 heterocycles. The van der Waals surface area contributed by atoms with Crippen LogP contribution in [0.3, 0.4) is 0 Å². The van der Waals surface area contributed by atoms with E-state index in [4.69, 9.17) is 21.4 Å². The van der Waals surface area contributed by atoms with Crippen LogP contribution in [0, 0.1) is 0 Å². The molecule has 1 atom stereocenters. The highest BCUT2D eigenvalue weighted by atomic mass is 35.5. The van der Waals surface area contributed by atoms with E-state index >= 15 is 0 Å². The van der Waals surface area contributed by atoms with Crippen LogP contribution in [0.2, 0.25) is 5.02 Å². The molecule has 3 N–H and O–H groups in total. The van der Waals surface area contributed by atoms with E-state index in [2.05, 4.69) is 10.6 Å². The highest BCUT2D eigenvalue weighted by Gasteiger charge is 2.35. The zero-order valence-corrected chi connectivity index (χ0v) is 11.3. The van der Waals surface area contributed by atoms with Gasteiger partial charge in [-0.05, 0) is 31.2 Å². The second-order valence-corrected chi connectivity index (χ2v) is 4.59. The Balaban J connectivity index is 2.68. The summed E-state index contributed by atoms with van der Waals surface area (Å²) in [6, 6.07) is 5.81. The topological polar surface area (TPSA) is 87.7 Å². The molecule has 0 spiro atoms. The molecule has 19 heavy (non-hydrogen) atoms. The lowest BCUT2D eigenvalue weighted by molar-refractivity contribution is -0.145. The minimum atomic E-state index is -1.49. The highest BCUT2D eigenvalue weighted by Crippen LogP contribution is 2.13. The number of carboxylic acids is 1. The largest absolute Gasteiger partial charge is 0.479 e. The average molecular weight is 287 g/mol. The Morgan fingerprint density at radius 1 is 1.37 bits per heavy atom. The fourth-order valence-corrected chi connectivity index (χ4v) is 1.51. The quantitative estimate of drug-likeness (QED) is 0.772. The number of urea groups is 1. The van der Waals surface area contributed by atoms with Gasteiger partial charge in [0.05, 0.1) is 6.61 Å². The van der Waals surface area contributed by atoms with Crippen molar-refractivity contribution in [1.82, 2.24) is 5.32 Å². The molecule has 104 valence electrons. The molecule has 0 unspecified atom stereocenters. The fraction of sp³-hybridized carbons (Fsp3) is 0.333. The third-order valence-electron chi connectivity index (χ3n) is 2.40. The van der Waals surface area contributed by atoms with E-state index < -0.39 is 17.5 Å². The molecule has 0 saturated carbocycles. The maximum absolute atomic E-state index is 11.7. The van der Waals surface area contributed by atoms with Gasteiger partial charge in [0, 0.05) is 17.8 Å². The van der Waals surface area contributed by atoms with Crippen molar-refractivity contribution in [2.45, 2.75) is 12.5 Å². The van der Waals surface area contributed by atoms with Crippen LogP contribution in [-0.4, -0.2) is 36.4 Å². The van der Waals surface area contributed by atoms with Gasteiger partial charge >= 0.3 is 12.0 Å². The molecule has 0 bridgehead atoms. The summed E-state index contributed by atoms with van der Waals surface area (Å²) in [7, 11) is 1.36. The molecule has 0 aromatic heterocycles. The van der Waals surface area contributed by atoms with E-state index in [1.54, 1.807) is 24.3 Å². The Bertz CT molecular complexity index is 463. The van der Waals surface area contributed by atoms with Crippen LogP contribution in [0.4, 0.5) is 10.5 Å². The number of carbonyl (C=O) groups excluding carboxylic acids is 1. The van der Waals surface area contributed by atoms with Gasteiger partial charge in [0.25, 0.3) is 0 Å². The van der Waals surface area contributed by atoms with Gasteiger partial charge < -0.3 is 20.5 Å². The number of hydrogen-bond donors (Lipinski definition) is 3. The fourth-order valence-electron chi connectivity index (χ4n) is 1.39. The van der Waals surface area contributed by atoms with Gasteiger partial charge in [0.2, 0.25) is 0 Å². The second kappa shape index (κ2) is 6.40. The van der Waals surface area contributed by atoms with Gasteiger partial charge in [-0.3, -0.25) is 0 Å². The summed E-state index contributed by atoms with van der Waals surface area (Å²) in [5, 5.41) is 14.5. The third-order valence-corrected chi connectivity index (χ3v) is 2.65. The number of nitrogens with one attached hydrogen (secondary N) is 2. The van der Waals surface area contributed by atoms with Gasteiger partial charge in [-0.2, -0.15) is 0 Å². The standard InChI is InChI=1S/C12H15ClN2O4/c1-12(7-19-2,10(16)17)15-11(18)14-9-5-3-8(13)4-6-9/h3-6H,7H2,1-2H3,(H,16,17)(H2,14,15,18)/t12-/m1/s1. The number of methoxy groups -OCH3 is 1. The minimum Gasteiger partial charge on any atom is -0.479 e. The first-order chi connectivity index (χ1) is 8.87. The molecule has 0 aliphatic heterocycles. The number of anilines is 1. The monoisotopic (exact) mass is 286 g/mol. The molecule has 1 aromatic rings. The molecule has 7 heteroatoms. The summed E-state index contributed by atoms with van der Waals surface area (Å²) < 4.78 is 4.79. The smallest absolute Gasteiger partial charge is 0.331 e. The molecular formula is C12H15ClN2O4. The van der Waals surface area contributed by atoms with Crippen LogP contribution in [0.1, 0.15) is 6.92 Å². The van der Waals surface area contributed by atoms with E-state index in [0.29, 0.717) is 10.7 Å². The van der Waals surface area contributed by atoms with E-state index in [-0.39, 0.29) is 6.61 Å². The Hall–Kier alpha value is -1.79. The predicted octanol–water partition coefficient (Wildman–Crippen LogP) is 1.95. The predicted molar refractivity (Wildman–Crippen MR) is 71.5 cm³/mol. The Labute approximate surface area is 115 Å². The Morgan fingerprint density at radius 3 is 2.42 bits per heavy atom. The van der Waals surface area contributed by atoms with Crippen molar-refractivity contribution in [2.24, 2.45) is 0 Å². The summed E-state index contributed by atoms with van der Waals surface area (Å²) >= 11 is 5.71. The maximum Gasteiger partial charge on any atom is 0.331 e. The van der Waals surface area contributed by atoms with E-state index in [0.717, 1.165) is 0 Å². The number of halogens is 1. The molecule has 0 saturated heterocycles. The molecule has 2 amide bonds. The second-order valence-electron chi connectivity index (χ2n) is 4.16. The zero-order chi connectivity index (χ0) is 14.5. The lowest BCUT2D eigenvalue weighted by Crippen LogP contribution is -2.56. The zero-order valence-electron chi connectivity index (χ0n) is 10.6. The van der Waals surface area contributed by atoms with Gasteiger partial charge in [0.1, 0.15) is 0 Å². The molecule has 0 aliphatic rings. The van der Waals surface area contributed by atoms with Crippen molar-refractivity contribution in [1.29, 1.82) is 0 Å². The van der Waals surface area contributed by atoms with Crippen LogP contribution in [0.15, 0.2) is 24.3 Å². The number of benzene rings is 1. The van der Waals surface area contributed by atoms with Crippen molar-refractivity contribution >= 4 is 29.3 Å². The Kier molecular flexibility index (Phi) is 5.14. The minimum absolute atomic E-state index is 0.142. The first-order valence-corrected chi connectivity index (χ1v) is 5.82. The van der Waals surface area contributed by atoms with E-state index in [9.17, 15) is 9.59 Å². The number of amides is 2. The Morgan fingerprint density at radius 2 is 1.95 bits per heavy atom. The normalized spacial score (nSPS) is 13.4. The molecule has 0 fully saturated rings. The first kappa shape index (κ1) is 15.3. The number of rotatable bonds is 5. The average Bonchev–Trinajstić information content (AvgIpc) is 2.32. The van der Waals surface area contributed by atoms with Crippen LogP contribution in [0.5, 0.6) is 0 Å². The summed E-state index contributed by atoms with van der Waals surface area (Å²) in [6.07, 6.45) is 0. The van der Waals surface area contributed by atoms with Crippen LogP contribution >= 0.6 is 11.6 Å². The van der Waals surface area contributed by atoms with Crippen molar-refractivity contribution in [3.05, 3.63) is 29.3 Å². The molecular weight excluding hydrogens is 272 g/mol. The van der Waals surface area contributed by atoms with Gasteiger partial charge in [-0.15, -0.1) is 0 Å². The summed E-state index contributed by atoms with van der Waals surface area (Å²) in [6.45, 7) is 1.22. The maximum atomic E-state index is 11.7. The highest BCUT2D eigenvalue weighted by molar-refractivity contribution is 6.30. The van der Waals surface area contributed by atoms with Gasteiger partial charge in [-0.1, -0.05) is 11.6 Å². The van der Waals surface area contributed by atoms with Crippen molar-refractivity contribution in [2.75, 3.05) is 19.0 Å². The molecule has 1 aromatic carbocycles. The molecule has 0 aliphatic carbocycles. The number of hydrogen-bond acceptors (Lipinski definition) is 3. The summed E-state index contributed by atoms with van der Waals surface area (Å²) in [4.78, 5) is 22.8. The van der Waals surface area contributed by atoms with Gasteiger partial charge in [0.15, 0.2) is 5.54 Å². The van der Waals surface area contributed by atoms with E-state index in [1.165, 1.54) is 14.0 Å². The number of carboxylic acid groups (broad SMARTS) is 1. The molecule has 6 nitrogen and oxygen atoms in total. The molecule has 1 rings (SSSR count). The number of carbonyl (C=O) groups is 2. The first-order valence-electron chi connectivity index (χ1n) is 5.44. The van der Waals surface area contributed by atoms with Crippen molar-refractivity contribution in [3.63, 3.8) is 0 Å². The summed E-state index contributed by atoms with van der Waals surface area (Å²) in [5.41, 5.74) is -0.988. The van der Waals surface area contributed by atoms with Crippen LogP contribution in [-0.2, 0) is 9.53 Å². The van der Waals surface area contributed by atoms with Crippen LogP contribution < -0.4 is 10.6 Å². The summed E-state index contributed by atoms with van der Waals surface area (Å²) in [5.74, 6) is -1.18. The lowest BCUT2D eigenvalue weighted by Gasteiger charge is -2.25. The van der Waals surface area contributed by atoms with Crippen molar-refractivity contribution in [3.8, 4) is 0 Å². The van der Waals surface area contributed by atoms with Crippen molar-refractivity contribution < 1.29 is 19.4 Å². The molecule has 0 radical (unpaired) electrons. The lowest BCUT2D eigenvalue weighted by atomic mass is 10.1. The third kappa shape index (κ3) is 4.42. The number of aliphatic carboxylic acids is 1. The SMILES string of the molecule is COC[C@@](C)(NC(=O)Nc1ccc(Cl)cc1)C(=O)O. The van der Waals surface area contributed by atoms with Gasteiger partial charge in [-0.25, -0.2) is 9.59 Å². The number of ether oxygens (including phenoxy) is 1.